The van der Waals surface area contributed by atoms with Crippen LogP contribution >= 0.6 is 11.6 Å². The van der Waals surface area contributed by atoms with Gasteiger partial charge in [0.1, 0.15) is 5.15 Å². The molecule has 5 aromatic rings. The Hall–Kier alpha value is -4.03. The lowest BCUT2D eigenvalue weighted by atomic mass is 10.1. The van der Waals surface area contributed by atoms with Crippen molar-refractivity contribution in [2.45, 2.75) is 13.8 Å². The number of rotatable bonds is 4. The van der Waals surface area contributed by atoms with Crippen LogP contribution in [0.15, 0.2) is 82.7 Å². The highest BCUT2D eigenvalue weighted by atomic mass is 35.5. The zero-order valence-corrected chi connectivity index (χ0v) is 18.8. The molecule has 0 atom stereocenters. The third-order valence-corrected chi connectivity index (χ3v) is 5.76. The van der Waals surface area contributed by atoms with Crippen LogP contribution < -0.4 is 11.0 Å². The van der Waals surface area contributed by atoms with Crippen molar-refractivity contribution in [2.75, 3.05) is 5.43 Å². The van der Waals surface area contributed by atoms with Crippen LogP contribution in [0.3, 0.4) is 0 Å². The van der Waals surface area contributed by atoms with Crippen molar-refractivity contribution >= 4 is 45.6 Å². The number of hydrogen-bond acceptors (Lipinski definition) is 5. The van der Waals surface area contributed by atoms with E-state index >= 15 is 0 Å². The predicted octanol–water partition coefficient (Wildman–Crippen LogP) is 5.65. The van der Waals surface area contributed by atoms with Gasteiger partial charge in [0.2, 0.25) is 5.95 Å². The first kappa shape index (κ1) is 20.8. The molecule has 7 heteroatoms. The molecule has 0 aliphatic rings. The first-order valence-corrected chi connectivity index (χ1v) is 10.8. The van der Waals surface area contributed by atoms with Crippen molar-refractivity contribution < 1.29 is 0 Å². The summed E-state index contributed by atoms with van der Waals surface area (Å²) in [7, 11) is 0. The summed E-state index contributed by atoms with van der Waals surface area (Å²) in [6, 6.07) is 22.8. The number of nitrogens with one attached hydrogen (secondary N) is 1. The van der Waals surface area contributed by atoms with E-state index < -0.39 is 0 Å². The van der Waals surface area contributed by atoms with E-state index in [1.165, 1.54) is 4.57 Å². The maximum atomic E-state index is 13.4. The first-order chi connectivity index (χ1) is 16.0. The molecule has 0 aliphatic carbocycles. The standard InChI is InChI=1S/C26H20ClN5O/c1-16-11-12-18-14-19(24(27)29-22(18)13-16)15-28-31-26-30-21-9-5-4-8-20(21)25(33)32(26)23-10-6-3-7-17(23)2/h3-15H,1-2H3,(H,30,31)/b28-15-. The zero-order valence-electron chi connectivity index (χ0n) is 18.1. The molecule has 5 rings (SSSR count). The fraction of sp³-hybridized carbons (Fsp3) is 0.0769. The Kier molecular flexibility index (Phi) is 5.36. The molecule has 2 heterocycles. The fourth-order valence-electron chi connectivity index (χ4n) is 3.77. The molecule has 3 aromatic carbocycles. The molecule has 6 nitrogen and oxygen atoms in total. The number of benzene rings is 3. The van der Waals surface area contributed by atoms with Gasteiger partial charge in [-0.15, -0.1) is 0 Å². The number of nitrogens with zero attached hydrogens (tertiary/aromatic N) is 4. The van der Waals surface area contributed by atoms with E-state index in [0.29, 0.717) is 27.6 Å². The van der Waals surface area contributed by atoms with Crippen LogP contribution in [0.4, 0.5) is 5.95 Å². The maximum Gasteiger partial charge on any atom is 0.267 e. The molecular formula is C26H20ClN5O. The number of fused-ring (bicyclic) bond motifs is 2. The molecule has 1 N–H and O–H groups in total. The Morgan fingerprint density at radius 2 is 1.73 bits per heavy atom. The molecule has 0 saturated heterocycles. The van der Waals surface area contributed by atoms with Gasteiger partial charge in [0, 0.05) is 10.9 Å². The van der Waals surface area contributed by atoms with Crippen LogP contribution in [0.5, 0.6) is 0 Å². The minimum atomic E-state index is -0.173. The van der Waals surface area contributed by atoms with Gasteiger partial charge in [0.15, 0.2) is 0 Å². The maximum absolute atomic E-state index is 13.4. The Balaban J connectivity index is 1.59. The van der Waals surface area contributed by atoms with Crippen LogP contribution in [0, 0.1) is 13.8 Å². The summed E-state index contributed by atoms with van der Waals surface area (Å²) in [4.78, 5) is 22.5. The van der Waals surface area contributed by atoms with E-state index in [0.717, 1.165) is 27.7 Å². The van der Waals surface area contributed by atoms with Gasteiger partial charge >= 0.3 is 0 Å². The van der Waals surface area contributed by atoms with Crippen LogP contribution in [0.2, 0.25) is 5.15 Å². The number of anilines is 1. The van der Waals surface area contributed by atoms with Gasteiger partial charge in [0.25, 0.3) is 5.56 Å². The molecule has 0 amide bonds. The smallest absolute Gasteiger partial charge is 0.267 e. The Morgan fingerprint density at radius 3 is 2.58 bits per heavy atom. The summed E-state index contributed by atoms with van der Waals surface area (Å²) in [6.45, 7) is 3.96. The number of hydrazone groups is 1. The Morgan fingerprint density at radius 1 is 0.939 bits per heavy atom. The van der Waals surface area contributed by atoms with E-state index in [1.54, 1.807) is 18.3 Å². The van der Waals surface area contributed by atoms with Gasteiger partial charge in [-0.2, -0.15) is 5.10 Å². The number of aryl methyl sites for hydroxylation is 2. The normalized spacial score (nSPS) is 11.5. The van der Waals surface area contributed by atoms with Crippen molar-refractivity contribution in [3.8, 4) is 5.69 Å². The fourth-order valence-corrected chi connectivity index (χ4v) is 3.96. The average molecular weight is 454 g/mol. The summed E-state index contributed by atoms with van der Waals surface area (Å²) in [5.74, 6) is 0.310. The highest BCUT2D eigenvalue weighted by Crippen LogP contribution is 2.21. The number of aromatic nitrogens is 3. The predicted molar refractivity (Wildman–Crippen MR) is 135 cm³/mol. The SMILES string of the molecule is Cc1ccc2cc(/C=N\Nc3nc4ccccc4c(=O)n3-c3ccccc3C)c(Cl)nc2c1. The van der Waals surface area contributed by atoms with Crippen LogP contribution in [0.1, 0.15) is 16.7 Å². The zero-order chi connectivity index (χ0) is 22.9. The van der Waals surface area contributed by atoms with Crippen molar-refractivity contribution in [1.82, 2.24) is 14.5 Å². The van der Waals surface area contributed by atoms with Crippen LogP contribution in [-0.2, 0) is 0 Å². The highest BCUT2D eigenvalue weighted by Gasteiger charge is 2.14. The molecule has 2 aromatic heterocycles. The third-order valence-electron chi connectivity index (χ3n) is 5.45. The topological polar surface area (TPSA) is 72.2 Å². The van der Waals surface area contributed by atoms with Gasteiger partial charge in [-0.3, -0.25) is 4.79 Å². The van der Waals surface area contributed by atoms with E-state index in [4.69, 9.17) is 11.6 Å². The first-order valence-electron chi connectivity index (χ1n) is 10.4. The second-order valence-corrected chi connectivity index (χ2v) is 8.17. The van der Waals surface area contributed by atoms with E-state index in [1.807, 2.05) is 74.5 Å². The van der Waals surface area contributed by atoms with Crippen LogP contribution in [-0.4, -0.2) is 20.7 Å². The molecule has 0 fully saturated rings. The lowest BCUT2D eigenvalue weighted by molar-refractivity contribution is 0.947. The molecule has 0 saturated carbocycles. The van der Waals surface area contributed by atoms with Crippen molar-refractivity contribution in [3.63, 3.8) is 0 Å². The van der Waals surface area contributed by atoms with Gasteiger partial charge in [-0.1, -0.05) is 54.1 Å². The molecule has 0 unspecified atom stereocenters. The van der Waals surface area contributed by atoms with E-state index in [9.17, 15) is 4.79 Å². The molecule has 33 heavy (non-hydrogen) atoms. The lowest BCUT2D eigenvalue weighted by Gasteiger charge is -2.14. The van der Waals surface area contributed by atoms with Crippen LogP contribution in [0.25, 0.3) is 27.5 Å². The number of pyridine rings is 1. The average Bonchev–Trinajstić information content (AvgIpc) is 2.80. The monoisotopic (exact) mass is 453 g/mol. The Bertz CT molecular complexity index is 1610. The van der Waals surface area contributed by atoms with E-state index in [2.05, 4.69) is 20.5 Å². The minimum Gasteiger partial charge on any atom is -0.268 e. The second kappa shape index (κ2) is 8.48. The number of halogens is 1. The number of hydrogen-bond donors (Lipinski definition) is 1. The minimum absolute atomic E-state index is 0.173. The summed E-state index contributed by atoms with van der Waals surface area (Å²) in [5, 5.41) is 6.19. The van der Waals surface area contributed by atoms with Gasteiger partial charge < -0.3 is 0 Å². The molecule has 162 valence electrons. The molecule has 0 spiro atoms. The van der Waals surface area contributed by atoms with E-state index in [-0.39, 0.29) is 5.56 Å². The molecule has 0 radical (unpaired) electrons. The van der Waals surface area contributed by atoms with Crippen molar-refractivity contribution in [3.05, 3.63) is 105 Å². The number of para-hydroxylation sites is 2. The molecular weight excluding hydrogens is 434 g/mol. The quantitative estimate of drug-likeness (QED) is 0.217. The van der Waals surface area contributed by atoms with Crippen molar-refractivity contribution in [2.24, 2.45) is 5.10 Å². The van der Waals surface area contributed by atoms with Gasteiger partial charge in [-0.25, -0.2) is 20.0 Å². The summed E-state index contributed by atoms with van der Waals surface area (Å²) in [5.41, 5.74) is 7.64. The largest absolute Gasteiger partial charge is 0.268 e. The van der Waals surface area contributed by atoms with Gasteiger partial charge in [0.05, 0.1) is 28.3 Å². The second-order valence-electron chi connectivity index (χ2n) is 7.81. The van der Waals surface area contributed by atoms with Crippen molar-refractivity contribution in [1.29, 1.82) is 0 Å². The summed E-state index contributed by atoms with van der Waals surface area (Å²) in [6.07, 6.45) is 1.58. The molecule has 0 bridgehead atoms. The summed E-state index contributed by atoms with van der Waals surface area (Å²) < 4.78 is 1.54. The van der Waals surface area contributed by atoms with Gasteiger partial charge in [-0.05, 0) is 55.3 Å². The summed E-state index contributed by atoms with van der Waals surface area (Å²) >= 11 is 6.39. The molecule has 0 aliphatic heterocycles. The lowest BCUT2D eigenvalue weighted by Crippen LogP contribution is -2.23. The Labute approximate surface area is 195 Å². The highest BCUT2D eigenvalue weighted by molar-refractivity contribution is 6.32. The third kappa shape index (κ3) is 3.97.